The number of hydrogen-bond donors (Lipinski definition) is 1. The first-order chi connectivity index (χ1) is 10.9. The molecule has 0 aromatic heterocycles. The van der Waals surface area contributed by atoms with Crippen LogP contribution in [0.25, 0.3) is 0 Å². The van der Waals surface area contributed by atoms with Crippen molar-refractivity contribution < 1.29 is 14.3 Å². The predicted molar refractivity (Wildman–Crippen MR) is 98.6 cm³/mol. The Morgan fingerprint density at radius 1 is 1.17 bits per heavy atom. The lowest BCUT2D eigenvalue weighted by Crippen LogP contribution is -2.22. The summed E-state index contributed by atoms with van der Waals surface area (Å²) in [5, 5.41) is 3.33. The fraction of sp³-hybridized carbons (Fsp3) is 0.176. The number of aryl methyl sites for hydroxylation is 1. The second kappa shape index (κ2) is 8.31. The number of ether oxygens (including phenoxy) is 1. The van der Waals surface area contributed by atoms with Gasteiger partial charge in [-0.1, -0.05) is 23.7 Å². The smallest absolute Gasteiger partial charge is 0.310 e. The summed E-state index contributed by atoms with van der Waals surface area (Å²) in [6.07, 6.45) is 0.104. The van der Waals surface area contributed by atoms with Gasteiger partial charge in [-0.2, -0.15) is 0 Å². The van der Waals surface area contributed by atoms with E-state index < -0.39 is 5.97 Å². The van der Waals surface area contributed by atoms with E-state index in [1.54, 1.807) is 24.3 Å². The van der Waals surface area contributed by atoms with Gasteiger partial charge in [0.05, 0.1) is 6.42 Å². The minimum Gasteiger partial charge on any atom is -0.455 e. The summed E-state index contributed by atoms with van der Waals surface area (Å²) in [6, 6.07) is 12.6. The van der Waals surface area contributed by atoms with E-state index in [2.05, 4.69) is 27.9 Å². The maximum absolute atomic E-state index is 11.8. The van der Waals surface area contributed by atoms with Gasteiger partial charge in [-0.15, -0.1) is 0 Å². The SMILES string of the molecule is Cc1cc(I)ccc1NC(=O)COC(=O)Cc1ccc(Cl)cc1. The molecular formula is C17H15ClINO3. The Morgan fingerprint density at radius 3 is 2.52 bits per heavy atom. The Morgan fingerprint density at radius 2 is 1.87 bits per heavy atom. The highest BCUT2D eigenvalue weighted by Gasteiger charge is 2.10. The Hall–Kier alpha value is -1.60. The Labute approximate surface area is 153 Å². The van der Waals surface area contributed by atoms with Gasteiger partial charge in [-0.25, -0.2) is 0 Å². The quantitative estimate of drug-likeness (QED) is 0.562. The van der Waals surface area contributed by atoms with E-state index >= 15 is 0 Å². The number of rotatable bonds is 5. The molecule has 4 nitrogen and oxygen atoms in total. The van der Waals surface area contributed by atoms with E-state index in [-0.39, 0.29) is 18.9 Å². The van der Waals surface area contributed by atoms with Crippen molar-refractivity contribution in [3.63, 3.8) is 0 Å². The molecule has 2 aromatic carbocycles. The van der Waals surface area contributed by atoms with Gasteiger partial charge < -0.3 is 10.1 Å². The molecule has 0 saturated carbocycles. The normalized spacial score (nSPS) is 10.2. The number of benzene rings is 2. The number of halogens is 2. The number of carbonyl (C=O) groups is 2. The molecule has 0 spiro atoms. The molecule has 0 radical (unpaired) electrons. The molecular weight excluding hydrogens is 429 g/mol. The van der Waals surface area contributed by atoms with Gasteiger partial charge in [0.25, 0.3) is 5.91 Å². The van der Waals surface area contributed by atoms with Gasteiger partial charge in [-0.05, 0) is 71.0 Å². The second-order valence-electron chi connectivity index (χ2n) is 4.97. The van der Waals surface area contributed by atoms with E-state index in [9.17, 15) is 9.59 Å². The highest BCUT2D eigenvalue weighted by atomic mass is 127. The molecule has 0 heterocycles. The zero-order valence-electron chi connectivity index (χ0n) is 12.4. The zero-order chi connectivity index (χ0) is 16.8. The van der Waals surface area contributed by atoms with Gasteiger partial charge in [0.1, 0.15) is 0 Å². The van der Waals surface area contributed by atoms with Gasteiger partial charge in [-0.3, -0.25) is 9.59 Å². The van der Waals surface area contributed by atoms with Crippen LogP contribution < -0.4 is 5.32 Å². The first-order valence-corrected chi connectivity index (χ1v) is 8.36. The van der Waals surface area contributed by atoms with E-state index in [0.717, 1.165) is 14.7 Å². The van der Waals surface area contributed by atoms with Crippen molar-refractivity contribution in [2.75, 3.05) is 11.9 Å². The summed E-state index contributed by atoms with van der Waals surface area (Å²) in [5.74, 6) is -0.819. The van der Waals surface area contributed by atoms with E-state index in [1.165, 1.54) is 0 Å². The maximum atomic E-state index is 11.8. The van der Waals surface area contributed by atoms with Crippen LogP contribution >= 0.6 is 34.2 Å². The van der Waals surface area contributed by atoms with Crippen LogP contribution in [0, 0.1) is 10.5 Å². The fourth-order valence-electron chi connectivity index (χ4n) is 1.92. The topological polar surface area (TPSA) is 55.4 Å². The first kappa shape index (κ1) is 17.7. The summed E-state index contributed by atoms with van der Waals surface area (Å²) in [7, 11) is 0. The Balaban J connectivity index is 1.81. The number of anilines is 1. The molecule has 2 rings (SSSR count). The molecule has 0 unspecified atom stereocenters. The molecule has 6 heteroatoms. The number of carbonyl (C=O) groups excluding carboxylic acids is 2. The van der Waals surface area contributed by atoms with Gasteiger partial charge >= 0.3 is 5.97 Å². The molecule has 23 heavy (non-hydrogen) atoms. The summed E-state index contributed by atoms with van der Waals surface area (Å²) in [5.41, 5.74) is 2.45. The van der Waals surface area contributed by atoms with Crippen LogP contribution in [0.5, 0.6) is 0 Å². The monoisotopic (exact) mass is 443 g/mol. The van der Waals surface area contributed by atoms with E-state index in [4.69, 9.17) is 16.3 Å². The van der Waals surface area contributed by atoms with Crippen LogP contribution in [0.1, 0.15) is 11.1 Å². The van der Waals surface area contributed by atoms with Crippen molar-refractivity contribution in [3.05, 3.63) is 62.2 Å². The van der Waals surface area contributed by atoms with Gasteiger partial charge in [0.15, 0.2) is 6.61 Å². The standard InChI is InChI=1S/C17H15ClINO3/c1-11-8-14(19)6-7-15(11)20-16(21)10-23-17(22)9-12-2-4-13(18)5-3-12/h2-8H,9-10H2,1H3,(H,20,21). The number of esters is 1. The fourth-order valence-corrected chi connectivity index (χ4v) is 2.69. The third kappa shape index (κ3) is 5.84. The lowest BCUT2D eigenvalue weighted by Gasteiger charge is -2.09. The molecule has 2 aromatic rings. The zero-order valence-corrected chi connectivity index (χ0v) is 15.3. The van der Waals surface area contributed by atoms with Crippen LogP contribution in [0.4, 0.5) is 5.69 Å². The van der Waals surface area contributed by atoms with Crippen molar-refractivity contribution in [2.45, 2.75) is 13.3 Å². The molecule has 0 saturated heterocycles. The molecule has 0 fully saturated rings. The molecule has 0 aliphatic heterocycles. The number of hydrogen-bond acceptors (Lipinski definition) is 3. The second-order valence-corrected chi connectivity index (χ2v) is 6.65. The highest BCUT2D eigenvalue weighted by molar-refractivity contribution is 14.1. The molecule has 120 valence electrons. The average Bonchev–Trinajstić information content (AvgIpc) is 2.50. The third-order valence-corrected chi connectivity index (χ3v) is 4.01. The van der Waals surface area contributed by atoms with Gasteiger partial charge in [0, 0.05) is 14.3 Å². The average molecular weight is 444 g/mol. The van der Waals surface area contributed by atoms with E-state index in [1.807, 2.05) is 25.1 Å². The molecule has 0 bridgehead atoms. The molecule has 1 amide bonds. The first-order valence-electron chi connectivity index (χ1n) is 6.90. The van der Waals surface area contributed by atoms with Crippen LogP contribution in [0.15, 0.2) is 42.5 Å². The minimum atomic E-state index is -0.457. The lowest BCUT2D eigenvalue weighted by molar-refractivity contribution is -0.146. The van der Waals surface area contributed by atoms with Crippen molar-refractivity contribution in [3.8, 4) is 0 Å². The number of amides is 1. The number of nitrogens with one attached hydrogen (secondary N) is 1. The van der Waals surface area contributed by atoms with Crippen LogP contribution in [-0.4, -0.2) is 18.5 Å². The van der Waals surface area contributed by atoms with Crippen LogP contribution in [-0.2, 0) is 20.7 Å². The molecule has 1 N–H and O–H groups in total. The van der Waals surface area contributed by atoms with Crippen molar-refractivity contribution in [2.24, 2.45) is 0 Å². The van der Waals surface area contributed by atoms with Crippen LogP contribution in [0.3, 0.4) is 0 Å². The summed E-state index contributed by atoms with van der Waals surface area (Å²) in [4.78, 5) is 23.6. The minimum absolute atomic E-state index is 0.104. The van der Waals surface area contributed by atoms with Crippen LogP contribution in [0.2, 0.25) is 5.02 Å². The highest BCUT2D eigenvalue weighted by Crippen LogP contribution is 2.17. The summed E-state index contributed by atoms with van der Waals surface area (Å²) >= 11 is 7.98. The Bertz CT molecular complexity index is 716. The molecule has 0 aliphatic carbocycles. The Kier molecular flexibility index (Phi) is 6.41. The molecule has 0 atom stereocenters. The largest absolute Gasteiger partial charge is 0.455 e. The molecule has 0 aliphatic rings. The van der Waals surface area contributed by atoms with E-state index in [0.29, 0.717) is 10.7 Å². The van der Waals surface area contributed by atoms with Gasteiger partial charge in [0.2, 0.25) is 0 Å². The summed E-state index contributed by atoms with van der Waals surface area (Å²) in [6.45, 7) is 1.60. The predicted octanol–water partition coefficient (Wildman–Crippen LogP) is 3.98. The van der Waals surface area contributed by atoms with Crippen molar-refractivity contribution in [1.29, 1.82) is 0 Å². The van der Waals surface area contributed by atoms with Crippen molar-refractivity contribution >= 4 is 51.8 Å². The lowest BCUT2D eigenvalue weighted by atomic mass is 10.1. The van der Waals surface area contributed by atoms with Crippen molar-refractivity contribution in [1.82, 2.24) is 0 Å². The summed E-state index contributed by atoms with van der Waals surface area (Å²) < 4.78 is 6.08. The maximum Gasteiger partial charge on any atom is 0.310 e. The third-order valence-electron chi connectivity index (χ3n) is 3.09.